The van der Waals surface area contributed by atoms with E-state index in [1.165, 1.54) is 22.1 Å². The van der Waals surface area contributed by atoms with Crippen LogP contribution in [-0.2, 0) is 23.0 Å². The van der Waals surface area contributed by atoms with Crippen LogP contribution in [0.2, 0.25) is 0 Å². The van der Waals surface area contributed by atoms with E-state index in [4.69, 9.17) is 0 Å². The third-order valence-corrected chi connectivity index (χ3v) is 7.13. The predicted octanol–water partition coefficient (Wildman–Crippen LogP) is 1.65. The first-order valence-corrected chi connectivity index (χ1v) is 10.8. The third-order valence-electron chi connectivity index (χ3n) is 3.95. The van der Waals surface area contributed by atoms with Crippen molar-refractivity contribution in [2.75, 3.05) is 6.54 Å². The second-order valence-corrected chi connectivity index (χ2v) is 9.23. The molecule has 1 N–H and O–H groups in total. The standard InChI is InChI=1S/C17H21N5O3S2/c1-4-14-5-8-17(26-14)27(24,25)18-9-10-21-16(23)7-6-15(20-21)22-13(3)11-12(2)19-22/h5-8,11,18H,4,9-10H2,1-3H3. The van der Waals surface area contributed by atoms with E-state index in [2.05, 4.69) is 14.9 Å². The van der Waals surface area contributed by atoms with Gasteiger partial charge in [0.2, 0.25) is 10.0 Å². The van der Waals surface area contributed by atoms with Crippen molar-refractivity contribution in [1.29, 1.82) is 0 Å². The van der Waals surface area contributed by atoms with Crippen LogP contribution < -0.4 is 10.3 Å². The molecule has 3 heterocycles. The molecule has 0 aliphatic heterocycles. The maximum absolute atomic E-state index is 12.3. The van der Waals surface area contributed by atoms with Crippen LogP contribution >= 0.6 is 11.3 Å². The molecule has 27 heavy (non-hydrogen) atoms. The minimum atomic E-state index is -3.59. The van der Waals surface area contributed by atoms with Crippen LogP contribution in [0.25, 0.3) is 5.82 Å². The highest BCUT2D eigenvalue weighted by Gasteiger charge is 2.16. The van der Waals surface area contributed by atoms with Gasteiger partial charge in [0, 0.05) is 23.2 Å². The first kappa shape index (κ1) is 19.5. The minimum Gasteiger partial charge on any atom is -0.268 e. The highest BCUT2D eigenvalue weighted by atomic mass is 32.2. The van der Waals surface area contributed by atoms with Crippen LogP contribution in [0.3, 0.4) is 0 Å². The monoisotopic (exact) mass is 407 g/mol. The van der Waals surface area contributed by atoms with Crippen molar-refractivity contribution in [3.8, 4) is 5.82 Å². The zero-order valence-corrected chi connectivity index (χ0v) is 17.0. The second kappa shape index (κ2) is 7.75. The Hall–Kier alpha value is -2.30. The lowest BCUT2D eigenvalue weighted by molar-refractivity contribution is 0.542. The number of nitrogens with one attached hydrogen (secondary N) is 1. The summed E-state index contributed by atoms with van der Waals surface area (Å²) in [6, 6.07) is 8.32. The fraction of sp³-hybridized carbons (Fsp3) is 0.353. The number of hydrogen-bond acceptors (Lipinski definition) is 6. The molecule has 3 aromatic heterocycles. The molecule has 10 heteroatoms. The van der Waals surface area contributed by atoms with Crippen molar-refractivity contribution in [2.24, 2.45) is 0 Å². The molecule has 0 amide bonds. The van der Waals surface area contributed by atoms with Gasteiger partial charge in [-0.05, 0) is 44.5 Å². The van der Waals surface area contributed by atoms with Crippen molar-refractivity contribution >= 4 is 21.4 Å². The van der Waals surface area contributed by atoms with Gasteiger partial charge in [-0.15, -0.1) is 16.4 Å². The zero-order chi connectivity index (χ0) is 19.6. The van der Waals surface area contributed by atoms with E-state index in [0.717, 1.165) is 22.7 Å². The average Bonchev–Trinajstić information content (AvgIpc) is 3.23. The van der Waals surface area contributed by atoms with Gasteiger partial charge in [0.15, 0.2) is 5.82 Å². The van der Waals surface area contributed by atoms with Crippen molar-refractivity contribution in [2.45, 2.75) is 37.9 Å². The van der Waals surface area contributed by atoms with Gasteiger partial charge < -0.3 is 0 Å². The van der Waals surface area contributed by atoms with E-state index >= 15 is 0 Å². The maximum atomic E-state index is 12.3. The Labute approximate surface area is 161 Å². The quantitative estimate of drug-likeness (QED) is 0.642. The number of thiophene rings is 1. The fourth-order valence-corrected chi connectivity index (χ4v) is 4.98. The first-order chi connectivity index (χ1) is 12.8. The fourth-order valence-electron chi connectivity index (χ4n) is 2.62. The average molecular weight is 408 g/mol. The number of hydrogen-bond donors (Lipinski definition) is 1. The number of rotatable bonds is 7. The van der Waals surface area contributed by atoms with Gasteiger partial charge in [0.05, 0.1) is 12.2 Å². The Morgan fingerprint density at radius 3 is 2.56 bits per heavy atom. The summed E-state index contributed by atoms with van der Waals surface area (Å²) in [5.74, 6) is 0.508. The molecule has 0 spiro atoms. The Balaban J connectivity index is 1.73. The molecular weight excluding hydrogens is 386 g/mol. The van der Waals surface area contributed by atoms with E-state index in [-0.39, 0.29) is 22.9 Å². The largest absolute Gasteiger partial charge is 0.268 e. The van der Waals surface area contributed by atoms with Crippen LogP contribution in [0.1, 0.15) is 23.2 Å². The van der Waals surface area contributed by atoms with E-state index in [9.17, 15) is 13.2 Å². The SMILES string of the molecule is CCc1ccc(S(=O)(=O)NCCn2nc(-n3nc(C)cc3C)ccc2=O)s1. The molecule has 0 aliphatic carbocycles. The first-order valence-electron chi connectivity index (χ1n) is 8.50. The molecule has 0 aliphatic rings. The Morgan fingerprint density at radius 1 is 1.15 bits per heavy atom. The molecule has 0 fully saturated rings. The number of nitrogens with zero attached hydrogens (tertiary/aromatic N) is 4. The van der Waals surface area contributed by atoms with Crippen molar-refractivity contribution in [1.82, 2.24) is 24.3 Å². The lowest BCUT2D eigenvalue weighted by atomic mass is 10.4. The second-order valence-electron chi connectivity index (χ2n) is 6.06. The summed E-state index contributed by atoms with van der Waals surface area (Å²) in [4.78, 5) is 13.1. The van der Waals surface area contributed by atoms with Crippen LogP contribution in [-0.4, -0.2) is 34.5 Å². The normalized spacial score (nSPS) is 11.8. The van der Waals surface area contributed by atoms with Gasteiger partial charge in [0.1, 0.15) is 4.21 Å². The highest BCUT2D eigenvalue weighted by Crippen LogP contribution is 2.21. The lowest BCUT2D eigenvalue weighted by Crippen LogP contribution is -2.32. The van der Waals surface area contributed by atoms with Crippen molar-refractivity contribution in [3.63, 3.8) is 0 Å². The Morgan fingerprint density at radius 2 is 1.93 bits per heavy atom. The van der Waals surface area contributed by atoms with Gasteiger partial charge in [-0.1, -0.05) is 6.92 Å². The molecule has 0 saturated heterocycles. The van der Waals surface area contributed by atoms with Gasteiger partial charge in [-0.3, -0.25) is 4.79 Å². The molecule has 0 unspecified atom stereocenters. The van der Waals surface area contributed by atoms with E-state index < -0.39 is 10.0 Å². The predicted molar refractivity (Wildman–Crippen MR) is 104 cm³/mol. The molecule has 0 atom stereocenters. The van der Waals surface area contributed by atoms with Crippen LogP contribution in [0.5, 0.6) is 0 Å². The van der Waals surface area contributed by atoms with Crippen LogP contribution in [0, 0.1) is 13.8 Å². The summed E-state index contributed by atoms with van der Waals surface area (Å²) in [5, 5.41) is 8.65. The lowest BCUT2D eigenvalue weighted by Gasteiger charge is -2.09. The topological polar surface area (TPSA) is 98.9 Å². The Bertz CT molecular complexity index is 1110. The minimum absolute atomic E-state index is 0.0647. The molecule has 0 saturated carbocycles. The van der Waals surface area contributed by atoms with Gasteiger partial charge >= 0.3 is 0 Å². The highest BCUT2D eigenvalue weighted by molar-refractivity contribution is 7.91. The van der Waals surface area contributed by atoms with Crippen LogP contribution in [0.15, 0.2) is 39.3 Å². The van der Waals surface area contributed by atoms with Gasteiger partial charge in [-0.25, -0.2) is 22.5 Å². The molecule has 3 rings (SSSR count). The summed E-state index contributed by atoms with van der Waals surface area (Å²) in [7, 11) is -3.59. The Kier molecular flexibility index (Phi) is 5.59. The summed E-state index contributed by atoms with van der Waals surface area (Å²) >= 11 is 1.25. The molecule has 0 bridgehead atoms. The molecule has 8 nitrogen and oxygen atoms in total. The smallest absolute Gasteiger partial charge is 0.266 e. The molecule has 144 valence electrons. The van der Waals surface area contributed by atoms with Crippen molar-refractivity contribution in [3.05, 3.63) is 57.0 Å². The van der Waals surface area contributed by atoms with E-state index in [1.807, 2.05) is 32.9 Å². The number of aryl methyl sites for hydroxylation is 3. The van der Waals surface area contributed by atoms with Gasteiger partial charge in [0.25, 0.3) is 5.56 Å². The molecule has 0 aromatic carbocycles. The third kappa shape index (κ3) is 4.34. The molecular formula is C17H21N5O3S2. The van der Waals surface area contributed by atoms with E-state index in [0.29, 0.717) is 5.82 Å². The summed E-state index contributed by atoms with van der Waals surface area (Å²) in [5.41, 5.74) is 1.45. The summed E-state index contributed by atoms with van der Waals surface area (Å²) in [6.45, 7) is 5.94. The zero-order valence-electron chi connectivity index (χ0n) is 15.3. The summed E-state index contributed by atoms with van der Waals surface area (Å²) < 4.78 is 30.4. The number of sulfonamides is 1. The van der Waals surface area contributed by atoms with Gasteiger partial charge in [-0.2, -0.15) is 5.10 Å². The van der Waals surface area contributed by atoms with Crippen LogP contribution in [0.4, 0.5) is 0 Å². The van der Waals surface area contributed by atoms with Crippen molar-refractivity contribution < 1.29 is 8.42 Å². The molecule has 0 radical (unpaired) electrons. The summed E-state index contributed by atoms with van der Waals surface area (Å²) in [6.07, 6.45) is 0.790. The molecule has 3 aromatic rings. The van der Waals surface area contributed by atoms with E-state index in [1.54, 1.807) is 16.8 Å². The maximum Gasteiger partial charge on any atom is 0.266 e. The number of aromatic nitrogens is 4.